The van der Waals surface area contributed by atoms with Gasteiger partial charge in [0.05, 0.1) is 0 Å². The Bertz CT molecular complexity index is 368. The van der Waals surface area contributed by atoms with Crippen molar-refractivity contribution in [2.45, 2.75) is 44.3 Å². The normalized spacial score (nSPS) is 12.6. The van der Waals surface area contributed by atoms with Crippen LogP contribution in [0.4, 0.5) is 0 Å². The minimum Gasteiger partial charge on any atom is -0.382 e. The summed E-state index contributed by atoms with van der Waals surface area (Å²) < 4.78 is 5.32. The van der Waals surface area contributed by atoms with Crippen molar-refractivity contribution in [3.63, 3.8) is 0 Å². The summed E-state index contributed by atoms with van der Waals surface area (Å²) in [6.07, 6.45) is 1.09. The average Bonchev–Trinajstić information content (AvgIpc) is 2.37. The molecule has 0 amide bonds. The Morgan fingerprint density at radius 1 is 1.32 bits per heavy atom. The van der Waals surface area contributed by atoms with Gasteiger partial charge in [0.2, 0.25) is 0 Å². The van der Waals surface area contributed by atoms with Crippen molar-refractivity contribution in [1.29, 1.82) is 0 Å². The van der Waals surface area contributed by atoms with Crippen molar-refractivity contribution in [2.75, 3.05) is 26.3 Å². The number of thioether (sulfide) groups is 1. The van der Waals surface area contributed by atoms with Gasteiger partial charge >= 0.3 is 0 Å². The van der Waals surface area contributed by atoms with E-state index in [2.05, 4.69) is 44.3 Å². The second-order valence-electron chi connectivity index (χ2n) is 4.95. The highest BCUT2D eigenvalue weighted by Crippen LogP contribution is 2.26. The molecule has 1 aromatic rings. The maximum atomic E-state index is 5.32. The Balaban J connectivity index is 2.21. The molecular formula is C16H27NOS. The molecule has 0 aromatic heterocycles. The Morgan fingerprint density at radius 3 is 2.79 bits per heavy atom. The first-order valence-corrected chi connectivity index (χ1v) is 8.03. The van der Waals surface area contributed by atoms with Crippen LogP contribution >= 0.6 is 11.8 Å². The Labute approximate surface area is 122 Å². The molecule has 1 atom stereocenters. The number of hydrogen-bond acceptors (Lipinski definition) is 3. The zero-order chi connectivity index (χ0) is 14.1. The molecule has 0 spiro atoms. The summed E-state index contributed by atoms with van der Waals surface area (Å²) in [5.74, 6) is 0. The third-order valence-corrected chi connectivity index (χ3v) is 4.22. The van der Waals surface area contributed by atoms with Crippen LogP contribution in [-0.4, -0.2) is 31.6 Å². The fourth-order valence-corrected chi connectivity index (χ4v) is 2.96. The molecule has 19 heavy (non-hydrogen) atoms. The first-order chi connectivity index (χ1) is 9.13. The van der Waals surface area contributed by atoms with Gasteiger partial charge in [-0.15, -0.1) is 11.8 Å². The highest BCUT2D eigenvalue weighted by Gasteiger charge is 2.06. The lowest BCUT2D eigenvalue weighted by Crippen LogP contribution is -2.24. The predicted octanol–water partition coefficient (Wildman–Crippen LogP) is 3.80. The Hall–Kier alpha value is -0.510. The van der Waals surface area contributed by atoms with E-state index in [9.17, 15) is 0 Å². The number of hydrogen-bond donors (Lipinski definition) is 1. The van der Waals surface area contributed by atoms with Crippen LogP contribution in [0.2, 0.25) is 0 Å². The maximum absolute atomic E-state index is 5.32. The number of ether oxygens (including phenoxy) is 1. The van der Waals surface area contributed by atoms with Crippen molar-refractivity contribution in [1.82, 2.24) is 5.32 Å². The molecule has 0 fully saturated rings. The van der Waals surface area contributed by atoms with Crippen LogP contribution < -0.4 is 5.32 Å². The van der Waals surface area contributed by atoms with Gasteiger partial charge in [0.1, 0.15) is 0 Å². The number of aryl methyl sites for hydroxylation is 2. The van der Waals surface area contributed by atoms with Gasteiger partial charge in [-0.3, -0.25) is 0 Å². The molecule has 1 unspecified atom stereocenters. The fraction of sp³-hybridized carbons (Fsp3) is 0.625. The molecule has 108 valence electrons. The lowest BCUT2D eigenvalue weighted by Gasteiger charge is -2.14. The molecule has 0 aliphatic heterocycles. The van der Waals surface area contributed by atoms with Crippen molar-refractivity contribution in [3.05, 3.63) is 29.3 Å². The van der Waals surface area contributed by atoms with E-state index < -0.39 is 0 Å². The topological polar surface area (TPSA) is 21.3 Å². The molecular weight excluding hydrogens is 254 g/mol. The Morgan fingerprint density at radius 2 is 2.11 bits per heavy atom. The quantitative estimate of drug-likeness (QED) is 0.549. The molecule has 0 aliphatic carbocycles. The van der Waals surface area contributed by atoms with Crippen LogP contribution in [0, 0.1) is 13.8 Å². The van der Waals surface area contributed by atoms with Crippen LogP contribution in [-0.2, 0) is 4.74 Å². The summed E-state index contributed by atoms with van der Waals surface area (Å²) in [6, 6.07) is 6.68. The minimum absolute atomic E-state index is 0.591. The Kier molecular flexibility index (Phi) is 8.19. The van der Waals surface area contributed by atoms with Gasteiger partial charge in [-0.25, -0.2) is 0 Å². The molecule has 0 heterocycles. The van der Waals surface area contributed by atoms with Crippen LogP contribution in [0.15, 0.2) is 23.1 Å². The van der Waals surface area contributed by atoms with E-state index in [0.717, 1.165) is 32.7 Å². The van der Waals surface area contributed by atoms with E-state index in [4.69, 9.17) is 4.74 Å². The van der Waals surface area contributed by atoms with E-state index in [1.165, 1.54) is 16.0 Å². The highest BCUT2D eigenvalue weighted by molar-refractivity contribution is 8.00. The van der Waals surface area contributed by atoms with Gasteiger partial charge in [-0.05, 0) is 45.4 Å². The first-order valence-electron chi connectivity index (χ1n) is 7.16. The summed E-state index contributed by atoms with van der Waals surface area (Å²) in [5.41, 5.74) is 2.72. The lowest BCUT2D eigenvalue weighted by atomic mass is 10.2. The minimum atomic E-state index is 0.591. The van der Waals surface area contributed by atoms with Gasteiger partial charge in [0, 0.05) is 29.9 Å². The summed E-state index contributed by atoms with van der Waals surface area (Å²) in [5, 5.41) is 4.09. The van der Waals surface area contributed by atoms with Crippen LogP contribution in [0.5, 0.6) is 0 Å². The van der Waals surface area contributed by atoms with Gasteiger partial charge < -0.3 is 10.1 Å². The third-order valence-electron chi connectivity index (χ3n) is 2.94. The van der Waals surface area contributed by atoms with Gasteiger partial charge in [-0.1, -0.05) is 24.6 Å². The SMILES string of the molecule is CCOCCCNCC(C)Sc1ccc(C)cc1C. The molecule has 1 N–H and O–H groups in total. The highest BCUT2D eigenvalue weighted by atomic mass is 32.2. The average molecular weight is 281 g/mol. The van der Waals surface area contributed by atoms with Crippen LogP contribution in [0.1, 0.15) is 31.4 Å². The number of nitrogens with one attached hydrogen (secondary N) is 1. The molecule has 0 aliphatic rings. The molecule has 3 heteroatoms. The standard InChI is InChI=1S/C16H27NOS/c1-5-18-10-6-9-17-12-15(4)19-16-8-7-13(2)11-14(16)3/h7-8,11,15,17H,5-6,9-10,12H2,1-4H3. The number of rotatable bonds is 9. The first kappa shape index (κ1) is 16.5. The van der Waals surface area contributed by atoms with E-state index in [0.29, 0.717) is 5.25 Å². The zero-order valence-electron chi connectivity index (χ0n) is 12.7. The molecule has 1 rings (SSSR count). The zero-order valence-corrected chi connectivity index (χ0v) is 13.5. The largest absolute Gasteiger partial charge is 0.382 e. The van der Waals surface area contributed by atoms with E-state index >= 15 is 0 Å². The summed E-state index contributed by atoms with van der Waals surface area (Å²) in [6.45, 7) is 12.4. The molecule has 0 radical (unpaired) electrons. The van der Waals surface area contributed by atoms with Gasteiger partial charge in [0.25, 0.3) is 0 Å². The van der Waals surface area contributed by atoms with Crippen molar-refractivity contribution >= 4 is 11.8 Å². The summed E-state index contributed by atoms with van der Waals surface area (Å²) in [4.78, 5) is 1.40. The van der Waals surface area contributed by atoms with E-state index in [1.807, 2.05) is 18.7 Å². The molecule has 1 aromatic carbocycles. The van der Waals surface area contributed by atoms with Gasteiger partial charge in [0.15, 0.2) is 0 Å². The second kappa shape index (κ2) is 9.40. The molecule has 0 saturated heterocycles. The molecule has 0 saturated carbocycles. The van der Waals surface area contributed by atoms with Crippen LogP contribution in [0.3, 0.4) is 0 Å². The second-order valence-corrected chi connectivity index (χ2v) is 6.43. The van der Waals surface area contributed by atoms with E-state index in [1.54, 1.807) is 0 Å². The van der Waals surface area contributed by atoms with Crippen molar-refractivity contribution in [2.24, 2.45) is 0 Å². The predicted molar refractivity (Wildman–Crippen MR) is 85.2 cm³/mol. The fourth-order valence-electron chi connectivity index (χ4n) is 1.94. The number of benzene rings is 1. The third kappa shape index (κ3) is 7.00. The van der Waals surface area contributed by atoms with Crippen molar-refractivity contribution in [3.8, 4) is 0 Å². The smallest absolute Gasteiger partial charge is 0.0477 e. The van der Waals surface area contributed by atoms with Crippen molar-refractivity contribution < 1.29 is 4.74 Å². The summed E-state index contributed by atoms with van der Waals surface area (Å²) >= 11 is 1.95. The molecule has 2 nitrogen and oxygen atoms in total. The van der Waals surface area contributed by atoms with Gasteiger partial charge in [-0.2, -0.15) is 0 Å². The maximum Gasteiger partial charge on any atom is 0.0477 e. The lowest BCUT2D eigenvalue weighted by molar-refractivity contribution is 0.145. The monoisotopic (exact) mass is 281 g/mol. The van der Waals surface area contributed by atoms with E-state index in [-0.39, 0.29) is 0 Å². The van der Waals surface area contributed by atoms with Crippen LogP contribution in [0.25, 0.3) is 0 Å². The molecule has 0 bridgehead atoms. The summed E-state index contributed by atoms with van der Waals surface area (Å²) in [7, 11) is 0.